The summed E-state index contributed by atoms with van der Waals surface area (Å²) in [6, 6.07) is 0. The van der Waals surface area contributed by atoms with Crippen LogP contribution in [0.4, 0.5) is 0 Å². The number of hydrogen-bond acceptors (Lipinski definition) is 4. The van der Waals surface area contributed by atoms with Gasteiger partial charge in [0.2, 0.25) is 0 Å². The number of allylic oxidation sites excluding steroid dienone is 1. The van der Waals surface area contributed by atoms with Gasteiger partial charge in [-0.15, -0.1) is 0 Å². The van der Waals surface area contributed by atoms with Crippen molar-refractivity contribution in [3.8, 4) is 0 Å². The van der Waals surface area contributed by atoms with E-state index in [1.807, 2.05) is 6.08 Å². The second-order valence-corrected chi connectivity index (χ2v) is 5.93. The number of hydrogen-bond donors (Lipinski definition) is 0. The van der Waals surface area contributed by atoms with E-state index in [1.165, 1.54) is 71.7 Å². The highest BCUT2D eigenvalue weighted by atomic mass is 16.5. The van der Waals surface area contributed by atoms with Crippen LogP contribution in [0.2, 0.25) is 0 Å². The Hall–Kier alpha value is -1.32. The summed E-state index contributed by atoms with van der Waals surface area (Å²) in [5.41, 5.74) is 0. The van der Waals surface area contributed by atoms with E-state index in [4.69, 9.17) is 0 Å². The molecule has 0 aliphatic rings. The summed E-state index contributed by atoms with van der Waals surface area (Å²) in [6.07, 6.45) is 18.4. The summed E-state index contributed by atoms with van der Waals surface area (Å²) in [5, 5.41) is 0. The number of rotatable bonds is 15. The van der Waals surface area contributed by atoms with Crippen molar-refractivity contribution in [1.29, 1.82) is 0 Å². The maximum absolute atomic E-state index is 10.9. The predicted molar refractivity (Wildman–Crippen MR) is 93.2 cm³/mol. The highest BCUT2D eigenvalue weighted by molar-refractivity contribution is 5.81. The molecular weight excluding hydrogens is 292 g/mol. The molecule has 0 fully saturated rings. The van der Waals surface area contributed by atoms with E-state index in [-0.39, 0.29) is 11.9 Å². The van der Waals surface area contributed by atoms with Crippen LogP contribution < -0.4 is 0 Å². The van der Waals surface area contributed by atoms with Gasteiger partial charge in [0.05, 0.1) is 14.2 Å². The van der Waals surface area contributed by atoms with Gasteiger partial charge in [-0.25, -0.2) is 4.79 Å². The number of esters is 2. The molecule has 4 nitrogen and oxygen atoms in total. The summed E-state index contributed by atoms with van der Waals surface area (Å²) in [7, 11) is 2.84. The van der Waals surface area contributed by atoms with E-state index in [0.29, 0.717) is 6.42 Å². The van der Waals surface area contributed by atoms with E-state index in [9.17, 15) is 9.59 Å². The van der Waals surface area contributed by atoms with E-state index in [1.54, 1.807) is 0 Å². The molecule has 0 atom stereocenters. The van der Waals surface area contributed by atoms with E-state index >= 15 is 0 Å². The van der Waals surface area contributed by atoms with Gasteiger partial charge in [-0.3, -0.25) is 4.79 Å². The maximum Gasteiger partial charge on any atom is 0.330 e. The molecule has 0 aromatic rings. The van der Waals surface area contributed by atoms with Crippen molar-refractivity contribution in [1.82, 2.24) is 0 Å². The molecule has 0 radical (unpaired) electrons. The zero-order valence-electron chi connectivity index (χ0n) is 15.0. The fourth-order valence-corrected chi connectivity index (χ4v) is 2.47. The van der Waals surface area contributed by atoms with Crippen LogP contribution in [-0.2, 0) is 19.1 Å². The molecule has 0 N–H and O–H groups in total. The molecule has 0 aliphatic heterocycles. The van der Waals surface area contributed by atoms with Crippen LogP contribution in [0.1, 0.15) is 83.5 Å². The lowest BCUT2D eigenvalue weighted by molar-refractivity contribution is -0.140. The zero-order chi connectivity index (χ0) is 17.2. The highest BCUT2D eigenvalue weighted by Crippen LogP contribution is 2.12. The van der Waals surface area contributed by atoms with Gasteiger partial charge in [-0.1, -0.05) is 63.9 Å². The number of carbonyl (C=O) groups excluding carboxylic acids is 2. The summed E-state index contributed by atoms with van der Waals surface area (Å²) >= 11 is 0. The average molecular weight is 326 g/mol. The Morgan fingerprint density at radius 3 is 1.65 bits per heavy atom. The zero-order valence-corrected chi connectivity index (χ0v) is 15.0. The topological polar surface area (TPSA) is 52.6 Å². The van der Waals surface area contributed by atoms with Gasteiger partial charge in [0, 0.05) is 12.5 Å². The first-order chi connectivity index (χ1) is 11.2. The molecule has 0 saturated heterocycles. The van der Waals surface area contributed by atoms with Crippen LogP contribution in [-0.4, -0.2) is 26.2 Å². The molecule has 0 rings (SSSR count). The van der Waals surface area contributed by atoms with Gasteiger partial charge in [0.1, 0.15) is 0 Å². The van der Waals surface area contributed by atoms with Gasteiger partial charge >= 0.3 is 11.9 Å². The molecule has 0 unspecified atom stereocenters. The first-order valence-electron chi connectivity index (χ1n) is 9.02. The standard InChI is InChI=1S/C19H34O4/c1-22-18(20)16-14-12-10-8-6-4-3-5-7-9-11-13-15-17-19(21)23-2/h14,16H,3-13,15,17H2,1-2H3. The van der Waals surface area contributed by atoms with Crippen molar-refractivity contribution < 1.29 is 19.1 Å². The van der Waals surface area contributed by atoms with E-state index in [0.717, 1.165) is 25.7 Å². The summed E-state index contributed by atoms with van der Waals surface area (Å²) in [6.45, 7) is 0. The third-order valence-electron chi connectivity index (χ3n) is 3.93. The normalized spacial score (nSPS) is 10.9. The quantitative estimate of drug-likeness (QED) is 0.242. The summed E-state index contributed by atoms with van der Waals surface area (Å²) in [4.78, 5) is 21.8. The Labute approximate surface area is 141 Å². The molecule has 0 bridgehead atoms. The summed E-state index contributed by atoms with van der Waals surface area (Å²) < 4.78 is 9.15. The minimum absolute atomic E-state index is 0.0919. The largest absolute Gasteiger partial charge is 0.469 e. The highest BCUT2D eigenvalue weighted by Gasteiger charge is 1.99. The molecule has 0 amide bonds. The number of methoxy groups -OCH3 is 2. The molecular formula is C19H34O4. The molecule has 23 heavy (non-hydrogen) atoms. The lowest BCUT2D eigenvalue weighted by Crippen LogP contribution is -1.99. The molecule has 0 aromatic heterocycles. The third-order valence-corrected chi connectivity index (χ3v) is 3.93. The lowest BCUT2D eigenvalue weighted by Gasteiger charge is -2.02. The molecule has 0 spiro atoms. The van der Waals surface area contributed by atoms with Crippen LogP contribution in [0, 0.1) is 0 Å². The van der Waals surface area contributed by atoms with E-state index < -0.39 is 0 Å². The molecule has 0 heterocycles. The Morgan fingerprint density at radius 1 is 0.696 bits per heavy atom. The fourth-order valence-electron chi connectivity index (χ4n) is 2.47. The molecule has 0 aromatic carbocycles. The van der Waals surface area contributed by atoms with Gasteiger partial charge < -0.3 is 9.47 Å². The Kier molecular flexibility index (Phi) is 16.1. The second kappa shape index (κ2) is 17.0. The van der Waals surface area contributed by atoms with Gasteiger partial charge in [-0.2, -0.15) is 0 Å². The van der Waals surface area contributed by atoms with Crippen molar-refractivity contribution in [2.45, 2.75) is 83.5 Å². The predicted octanol–water partition coefficient (Wildman–Crippen LogP) is 4.96. The summed E-state index contributed by atoms with van der Waals surface area (Å²) in [5.74, 6) is -0.360. The van der Waals surface area contributed by atoms with Gasteiger partial charge in [0.25, 0.3) is 0 Å². The Bertz CT molecular complexity index is 323. The molecule has 4 heteroatoms. The van der Waals surface area contributed by atoms with Crippen molar-refractivity contribution in [3.05, 3.63) is 12.2 Å². The fraction of sp³-hybridized carbons (Fsp3) is 0.789. The Balaban J connectivity index is 3.12. The van der Waals surface area contributed by atoms with Crippen LogP contribution >= 0.6 is 0 Å². The molecule has 134 valence electrons. The van der Waals surface area contributed by atoms with Crippen molar-refractivity contribution in [2.24, 2.45) is 0 Å². The van der Waals surface area contributed by atoms with Crippen molar-refractivity contribution >= 4 is 11.9 Å². The van der Waals surface area contributed by atoms with Crippen LogP contribution in [0.15, 0.2) is 12.2 Å². The first kappa shape index (κ1) is 21.7. The SMILES string of the molecule is COC(=O)C=CCCCCCCCCCCCCCC(=O)OC. The van der Waals surface area contributed by atoms with Gasteiger partial charge in [0.15, 0.2) is 0 Å². The second-order valence-electron chi connectivity index (χ2n) is 5.93. The van der Waals surface area contributed by atoms with Crippen LogP contribution in [0.25, 0.3) is 0 Å². The average Bonchev–Trinajstić information content (AvgIpc) is 2.57. The number of unbranched alkanes of at least 4 members (excludes halogenated alkanes) is 11. The van der Waals surface area contributed by atoms with E-state index in [2.05, 4.69) is 9.47 Å². The Morgan fingerprint density at radius 2 is 1.17 bits per heavy atom. The number of carbonyl (C=O) groups is 2. The minimum atomic E-state index is -0.268. The van der Waals surface area contributed by atoms with Crippen molar-refractivity contribution in [2.75, 3.05) is 14.2 Å². The monoisotopic (exact) mass is 326 g/mol. The lowest BCUT2D eigenvalue weighted by atomic mass is 10.0. The maximum atomic E-state index is 10.9. The third kappa shape index (κ3) is 16.9. The smallest absolute Gasteiger partial charge is 0.330 e. The molecule has 0 aliphatic carbocycles. The number of ether oxygens (including phenoxy) is 2. The first-order valence-corrected chi connectivity index (χ1v) is 9.02. The van der Waals surface area contributed by atoms with Gasteiger partial charge in [-0.05, 0) is 19.3 Å². The van der Waals surface area contributed by atoms with Crippen molar-refractivity contribution in [3.63, 3.8) is 0 Å². The van der Waals surface area contributed by atoms with Crippen LogP contribution in [0.5, 0.6) is 0 Å². The van der Waals surface area contributed by atoms with Crippen LogP contribution in [0.3, 0.4) is 0 Å². The minimum Gasteiger partial charge on any atom is -0.469 e. The molecule has 0 saturated carbocycles.